The smallest absolute Gasteiger partial charge is 0.337 e. The van der Waals surface area contributed by atoms with Crippen LogP contribution in [0, 0.1) is 0 Å². The first kappa shape index (κ1) is 24.9. The maximum absolute atomic E-state index is 13.5. The van der Waals surface area contributed by atoms with E-state index in [2.05, 4.69) is 0 Å². The van der Waals surface area contributed by atoms with Crippen molar-refractivity contribution < 1.29 is 19.1 Å². The number of amides is 1. The van der Waals surface area contributed by atoms with Crippen molar-refractivity contribution in [1.82, 2.24) is 14.5 Å². The quantitative estimate of drug-likeness (QED) is 0.268. The van der Waals surface area contributed by atoms with Crippen LogP contribution in [-0.2, 0) is 27.4 Å². The van der Waals surface area contributed by atoms with E-state index in [1.807, 2.05) is 37.3 Å². The summed E-state index contributed by atoms with van der Waals surface area (Å²) in [5.74, 6) is -0.572. The number of carbonyl (C=O) groups excluding carboxylic acids is 2. The molecule has 0 spiro atoms. The van der Waals surface area contributed by atoms with Gasteiger partial charge in [-0.05, 0) is 43.5 Å². The number of carbonyl (C=O) groups is 2. The molecule has 0 N–H and O–H groups in total. The second-order valence-corrected chi connectivity index (χ2v) is 9.92. The number of aromatic nitrogens is 2. The van der Waals surface area contributed by atoms with E-state index >= 15 is 0 Å². The molecule has 4 rings (SSSR count). The molecular weight excluding hydrogens is 466 g/mol. The van der Waals surface area contributed by atoms with Gasteiger partial charge in [-0.15, -0.1) is 0 Å². The Morgan fingerprint density at radius 3 is 2.71 bits per heavy atom. The molecule has 0 saturated carbocycles. The highest BCUT2D eigenvalue weighted by atomic mass is 32.2. The van der Waals surface area contributed by atoms with Crippen LogP contribution in [0.2, 0.25) is 0 Å². The van der Waals surface area contributed by atoms with Crippen molar-refractivity contribution in [2.24, 2.45) is 0 Å². The molecule has 0 bridgehead atoms. The summed E-state index contributed by atoms with van der Waals surface area (Å²) in [7, 11) is 3.07. The SMILES string of the molecule is COC(=O)c1ccc2c(=O)n(CC3CCCO3)c(SC(C)C(=O)N(C)Cc3ccccc3)nc2c1. The minimum absolute atomic E-state index is 0.0693. The fraction of sp³-hybridized carbons (Fsp3) is 0.385. The van der Waals surface area contributed by atoms with Crippen molar-refractivity contribution in [2.75, 3.05) is 20.8 Å². The summed E-state index contributed by atoms with van der Waals surface area (Å²) >= 11 is 1.24. The molecule has 2 heterocycles. The summed E-state index contributed by atoms with van der Waals surface area (Å²) in [6.07, 6.45) is 1.74. The van der Waals surface area contributed by atoms with Gasteiger partial charge in [-0.1, -0.05) is 42.1 Å². The summed E-state index contributed by atoms with van der Waals surface area (Å²) in [6.45, 7) is 3.33. The third kappa shape index (κ3) is 5.74. The largest absolute Gasteiger partial charge is 0.465 e. The van der Waals surface area contributed by atoms with Gasteiger partial charge in [-0.3, -0.25) is 14.2 Å². The first-order chi connectivity index (χ1) is 16.9. The van der Waals surface area contributed by atoms with E-state index in [-0.39, 0.29) is 17.6 Å². The Labute approximate surface area is 208 Å². The average Bonchev–Trinajstić information content (AvgIpc) is 3.39. The lowest BCUT2D eigenvalue weighted by molar-refractivity contribution is -0.129. The minimum Gasteiger partial charge on any atom is -0.465 e. The Morgan fingerprint density at radius 1 is 1.26 bits per heavy atom. The number of rotatable bonds is 8. The van der Waals surface area contributed by atoms with Crippen LogP contribution in [0.4, 0.5) is 0 Å². The molecular formula is C26H29N3O5S. The molecule has 1 fully saturated rings. The lowest BCUT2D eigenvalue weighted by Gasteiger charge is -2.22. The number of fused-ring (bicyclic) bond motifs is 1. The molecule has 1 aromatic heterocycles. The number of methoxy groups -OCH3 is 1. The summed E-state index contributed by atoms with van der Waals surface area (Å²) in [5, 5.41) is 0.349. The first-order valence-corrected chi connectivity index (χ1v) is 12.5. The van der Waals surface area contributed by atoms with Crippen molar-refractivity contribution in [1.29, 1.82) is 0 Å². The number of hydrogen-bond acceptors (Lipinski definition) is 7. The van der Waals surface area contributed by atoms with Crippen LogP contribution in [0.5, 0.6) is 0 Å². The molecule has 1 amide bonds. The molecule has 1 aliphatic rings. The zero-order chi connectivity index (χ0) is 24.9. The van der Waals surface area contributed by atoms with E-state index in [0.717, 1.165) is 18.4 Å². The van der Waals surface area contributed by atoms with Gasteiger partial charge in [0, 0.05) is 20.2 Å². The second kappa shape index (κ2) is 11.0. The number of ether oxygens (including phenoxy) is 2. The molecule has 2 atom stereocenters. The van der Waals surface area contributed by atoms with Gasteiger partial charge in [0.15, 0.2) is 5.16 Å². The Bertz CT molecular complexity index is 1270. The van der Waals surface area contributed by atoms with Gasteiger partial charge in [0.1, 0.15) is 0 Å². The standard InChI is InChI=1S/C26H29N3O5S/c1-17(23(30)28(2)15-18-8-5-4-6-9-18)35-26-27-22-14-19(25(32)33-3)11-12-21(22)24(31)29(26)16-20-10-7-13-34-20/h4-6,8-9,11-12,14,17,20H,7,10,13,15-16H2,1-3H3. The van der Waals surface area contributed by atoms with Crippen LogP contribution in [0.15, 0.2) is 58.5 Å². The average molecular weight is 496 g/mol. The van der Waals surface area contributed by atoms with Gasteiger partial charge < -0.3 is 14.4 Å². The van der Waals surface area contributed by atoms with Gasteiger partial charge in [-0.25, -0.2) is 9.78 Å². The molecule has 184 valence electrons. The zero-order valence-corrected chi connectivity index (χ0v) is 20.9. The molecule has 0 aliphatic carbocycles. The highest BCUT2D eigenvalue weighted by molar-refractivity contribution is 8.00. The van der Waals surface area contributed by atoms with Gasteiger partial charge >= 0.3 is 5.97 Å². The van der Waals surface area contributed by atoms with Crippen LogP contribution in [-0.4, -0.2) is 58.4 Å². The molecule has 1 aliphatic heterocycles. The highest BCUT2D eigenvalue weighted by Crippen LogP contribution is 2.26. The topological polar surface area (TPSA) is 90.7 Å². The molecule has 3 aromatic rings. The van der Waals surface area contributed by atoms with E-state index in [1.165, 1.54) is 18.9 Å². The summed E-state index contributed by atoms with van der Waals surface area (Å²) in [5.41, 5.74) is 1.52. The fourth-order valence-electron chi connectivity index (χ4n) is 4.14. The number of hydrogen-bond donors (Lipinski definition) is 0. The number of thioether (sulfide) groups is 1. The van der Waals surface area contributed by atoms with Crippen molar-refractivity contribution in [3.05, 3.63) is 70.0 Å². The monoisotopic (exact) mass is 495 g/mol. The molecule has 8 nitrogen and oxygen atoms in total. The van der Waals surface area contributed by atoms with Crippen LogP contribution >= 0.6 is 11.8 Å². The molecule has 9 heteroatoms. The van der Waals surface area contributed by atoms with Gasteiger partial charge in [-0.2, -0.15) is 0 Å². The van der Waals surface area contributed by atoms with Crippen molar-refractivity contribution in [2.45, 2.75) is 49.4 Å². The number of esters is 1. The first-order valence-electron chi connectivity index (χ1n) is 11.6. The van der Waals surface area contributed by atoms with Crippen molar-refractivity contribution >= 4 is 34.5 Å². The van der Waals surface area contributed by atoms with Crippen LogP contribution in [0.1, 0.15) is 35.7 Å². The lowest BCUT2D eigenvalue weighted by atomic mass is 10.1. The highest BCUT2D eigenvalue weighted by Gasteiger charge is 2.25. The predicted octanol–water partition coefficient (Wildman–Crippen LogP) is 3.50. The Hall–Kier alpha value is -3.17. The maximum atomic E-state index is 13.5. The summed E-state index contributed by atoms with van der Waals surface area (Å²) in [4.78, 5) is 45.0. The van der Waals surface area contributed by atoms with Crippen LogP contribution in [0.3, 0.4) is 0 Å². The van der Waals surface area contributed by atoms with Gasteiger partial charge in [0.05, 0.1) is 41.5 Å². The van der Waals surface area contributed by atoms with Gasteiger partial charge in [0.2, 0.25) is 5.91 Å². The predicted molar refractivity (Wildman–Crippen MR) is 135 cm³/mol. The van der Waals surface area contributed by atoms with E-state index in [9.17, 15) is 14.4 Å². The third-order valence-electron chi connectivity index (χ3n) is 6.02. The third-order valence-corrected chi connectivity index (χ3v) is 7.10. The van der Waals surface area contributed by atoms with E-state index in [1.54, 1.807) is 34.7 Å². The normalized spacial score (nSPS) is 16.3. The molecule has 2 aromatic carbocycles. The Kier molecular flexibility index (Phi) is 7.87. The minimum atomic E-state index is -0.502. The summed E-state index contributed by atoms with van der Waals surface area (Å²) in [6, 6.07) is 14.5. The molecule has 1 saturated heterocycles. The number of nitrogens with zero attached hydrogens (tertiary/aromatic N) is 3. The Morgan fingerprint density at radius 2 is 2.03 bits per heavy atom. The van der Waals surface area contributed by atoms with E-state index in [0.29, 0.717) is 41.3 Å². The molecule has 2 unspecified atom stereocenters. The van der Waals surface area contributed by atoms with E-state index < -0.39 is 11.2 Å². The molecule has 35 heavy (non-hydrogen) atoms. The van der Waals surface area contributed by atoms with Crippen molar-refractivity contribution in [3.63, 3.8) is 0 Å². The zero-order valence-electron chi connectivity index (χ0n) is 20.1. The maximum Gasteiger partial charge on any atom is 0.337 e. The Balaban J connectivity index is 1.65. The van der Waals surface area contributed by atoms with Crippen LogP contribution < -0.4 is 5.56 Å². The van der Waals surface area contributed by atoms with Crippen molar-refractivity contribution in [3.8, 4) is 0 Å². The second-order valence-electron chi connectivity index (χ2n) is 8.61. The lowest BCUT2D eigenvalue weighted by Crippen LogP contribution is -2.34. The molecule has 0 radical (unpaired) electrons. The number of benzene rings is 2. The van der Waals surface area contributed by atoms with Crippen LogP contribution in [0.25, 0.3) is 10.9 Å². The summed E-state index contributed by atoms with van der Waals surface area (Å²) < 4.78 is 12.2. The fourth-order valence-corrected chi connectivity index (χ4v) is 5.18. The van der Waals surface area contributed by atoms with Gasteiger partial charge in [0.25, 0.3) is 5.56 Å². The van der Waals surface area contributed by atoms with E-state index in [4.69, 9.17) is 14.5 Å².